The first kappa shape index (κ1) is 15.4. The molecule has 0 saturated carbocycles. The summed E-state index contributed by atoms with van der Waals surface area (Å²) in [6, 6.07) is 3.00. The number of nitrogens with zero attached hydrogens (tertiary/aromatic N) is 2. The zero-order valence-corrected chi connectivity index (χ0v) is 11.8. The summed E-state index contributed by atoms with van der Waals surface area (Å²) in [5.74, 6) is -1.25. The molecule has 0 bridgehead atoms. The van der Waals surface area contributed by atoms with E-state index in [0.717, 1.165) is 18.2 Å². The zero-order valence-electron chi connectivity index (χ0n) is 11.8. The van der Waals surface area contributed by atoms with E-state index >= 15 is 0 Å². The van der Waals surface area contributed by atoms with Crippen LogP contribution in [0.25, 0.3) is 0 Å². The number of ether oxygens (including phenoxy) is 1. The molecule has 114 valence electrons. The Balaban J connectivity index is 2.10. The molecule has 0 spiro atoms. The van der Waals surface area contributed by atoms with E-state index in [1.54, 1.807) is 0 Å². The van der Waals surface area contributed by atoms with Crippen molar-refractivity contribution in [2.75, 3.05) is 19.7 Å². The van der Waals surface area contributed by atoms with Crippen LogP contribution in [0, 0.1) is 15.9 Å². The van der Waals surface area contributed by atoms with Crippen molar-refractivity contribution in [2.45, 2.75) is 25.9 Å². The fraction of sp³-hybridized carbons (Fsp3) is 0.500. The lowest BCUT2D eigenvalue weighted by Gasteiger charge is -2.31. The second kappa shape index (κ2) is 6.62. The minimum atomic E-state index is -0.738. The summed E-state index contributed by atoms with van der Waals surface area (Å²) < 4.78 is 19.2. The predicted molar refractivity (Wildman–Crippen MR) is 73.6 cm³/mol. The van der Waals surface area contributed by atoms with E-state index < -0.39 is 16.6 Å². The molecule has 7 heteroatoms. The first-order valence-corrected chi connectivity index (χ1v) is 6.87. The quantitative estimate of drug-likeness (QED) is 0.631. The number of carbonyl (C=O) groups excluding carboxylic acids is 1. The van der Waals surface area contributed by atoms with Crippen molar-refractivity contribution in [3.63, 3.8) is 0 Å². The maximum Gasteiger partial charge on any atom is 0.270 e. The molecule has 2 rings (SSSR count). The Kier molecular flexibility index (Phi) is 4.85. The highest BCUT2D eigenvalue weighted by molar-refractivity contribution is 5.95. The number of amides is 1. The first-order chi connectivity index (χ1) is 10.0. The van der Waals surface area contributed by atoms with Gasteiger partial charge in [-0.1, -0.05) is 0 Å². The zero-order chi connectivity index (χ0) is 15.4. The predicted octanol–water partition coefficient (Wildman–Crippen LogP) is 2.38. The largest absolute Gasteiger partial charge is 0.378 e. The van der Waals surface area contributed by atoms with Gasteiger partial charge in [0.25, 0.3) is 11.6 Å². The summed E-state index contributed by atoms with van der Waals surface area (Å²) in [4.78, 5) is 23.9. The van der Waals surface area contributed by atoms with Gasteiger partial charge in [0.15, 0.2) is 0 Å². The highest BCUT2D eigenvalue weighted by atomic mass is 19.1. The lowest BCUT2D eigenvalue weighted by molar-refractivity contribution is -0.384. The molecule has 1 aromatic rings. The molecule has 1 amide bonds. The van der Waals surface area contributed by atoms with E-state index in [2.05, 4.69) is 0 Å². The van der Waals surface area contributed by atoms with Gasteiger partial charge < -0.3 is 9.64 Å². The molecule has 0 radical (unpaired) electrons. The smallest absolute Gasteiger partial charge is 0.270 e. The molecule has 21 heavy (non-hydrogen) atoms. The van der Waals surface area contributed by atoms with Gasteiger partial charge in [-0.25, -0.2) is 4.39 Å². The van der Waals surface area contributed by atoms with Gasteiger partial charge in [0.2, 0.25) is 0 Å². The van der Waals surface area contributed by atoms with Crippen LogP contribution in [0.1, 0.15) is 30.1 Å². The molecule has 1 aromatic carbocycles. The summed E-state index contributed by atoms with van der Waals surface area (Å²) in [5, 5.41) is 10.7. The van der Waals surface area contributed by atoms with Crippen molar-refractivity contribution in [2.24, 2.45) is 0 Å². The number of carbonyl (C=O) groups is 1. The number of nitro groups is 1. The highest BCUT2D eigenvalue weighted by Gasteiger charge is 2.26. The average molecular weight is 296 g/mol. The number of benzene rings is 1. The molecule has 0 atom stereocenters. The molecule has 0 unspecified atom stereocenters. The Hall–Kier alpha value is -2.02. The average Bonchev–Trinajstić information content (AvgIpc) is 2.48. The minimum absolute atomic E-state index is 0.119. The van der Waals surface area contributed by atoms with Crippen molar-refractivity contribution in [3.8, 4) is 0 Å². The van der Waals surface area contributed by atoms with E-state index in [1.165, 1.54) is 4.90 Å². The van der Waals surface area contributed by atoms with Crippen LogP contribution in [0.15, 0.2) is 18.2 Å². The number of non-ortho nitro benzene ring substituents is 1. The lowest BCUT2D eigenvalue weighted by Crippen LogP contribution is -2.41. The number of piperidine rings is 1. The molecule has 0 aliphatic carbocycles. The third-order valence-corrected chi connectivity index (χ3v) is 3.52. The molecule has 1 fully saturated rings. The molecule has 1 heterocycles. The monoisotopic (exact) mass is 296 g/mol. The Labute approximate surface area is 121 Å². The Bertz CT molecular complexity index is 542. The van der Waals surface area contributed by atoms with E-state index in [0.29, 0.717) is 32.5 Å². The Morgan fingerprint density at radius 1 is 1.48 bits per heavy atom. The van der Waals surface area contributed by atoms with Crippen LogP contribution >= 0.6 is 0 Å². The van der Waals surface area contributed by atoms with Gasteiger partial charge in [-0.15, -0.1) is 0 Å². The van der Waals surface area contributed by atoms with Crippen LogP contribution < -0.4 is 0 Å². The molecule has 1 aliphatic rings. The maximum absolute atomic E-state index is 13.7. The molecule has 0 N–H and O–H groups in total. The first-order valence-electron chi connectivity index (χ1n) is 6.87. The van der Waals surface area contributed by atoms with Crippen LogP contribution in [0.5, 0.6) is 0 Å². The number of nitro benzene ring substituents is 1. The summed E-state index contributed by atoms with van der Waals surface area (Å²) in [7, 11) is 0. The number of halogens is 1. The van der Waals surface area contributed by atoms with Crippen molar-refractivity contribution < 1.29 is 18.8 Å². The molecular weight excluding hydrogens is 279 g/mol. The minimum Gasteiger partial charge on any atom is -0.378 e. The SMILES string of the molecule is CCOC1CCN(C(=O)c2cc([N+](=O)[O-])ccc2F)CC1. The van der Waals surface area contributed by atoms with Crippen LogP contribution in [0.3, 0.4) is 0 Å². The third kappa shape index (κ3) is 3.55. The molecule has 0 aromatic heterocycles. The third-order valence-electron chi connectivity index (χ3n) is 3.52. The van der Waals surface area contributed by atoms with Gasteiger partial charge >= 0.3 is 0 Å². The van der Waals surface area contributed by atoms with E-state index in [1.807, 2.05) is 6.92 Å². The standard InChI is InChI=1S/C14H17FN2O4/c1-2-21-11-5-7-16(8-6-11)14(18)12-9-10(17(19)20)3-4-13(12)15/h3-4,9,11H,2,5-8H2,1H3. The Morgan fingerprint density at radius 2 is 2.14 bits per heavy atom. The van der Waals surface area contributed by atoms with Gasteiger partial charge in [-0.3, -0.25) is 14.9 Å². The summed E-state index contributed by atoms with van der Waals surface area (Å²) in [6.45, 7) is 3.46. The van der Waals surface area contributed by atoms with Crippen LogP contribution in [-0.2, 0) is 4.74 Å². The van der Waals surface area contributed by atoms with Crippen molar-refractivity contribution in [1.29, 1.82) is 0 Å². The maximum atomic E-state index is 13.7. The molecular formula is C14H17FN2O4. The number of rotatable bonds is 4. The fourth-order valence-corrected chi connectivity index (χ4v) is 2.42. The van der Waals surface area contributed by atoms with Crippen LogP contribution in [0.4, 0.5) is 10.1 Å². The second-order valence-electron chi connectivity index (χ2n) is 4.87. The van der Waals surface area contributed by atoms with Crippen molar-refractivity contribution in [3.05, 3.63) is 39.7 Å². The van der Waals surface area contributed by atoms with E-state index in [9.17, 15) is 19.3 Å². The van der Waals surface area contributed by atoms with Crippen molar-refractivity contribution >= 4 is 11.6 Å². The molecule has 6 nitrogen and oxygen atoms in total. The normalized spacial score (nSPS) is 16.0. The van der Waals surface area contributed by atoms with Crippen LogP contribution in [-0.4, -0.2) is 41.5 Å². The van der Waals surface area contributed by atoms with Gasteiger partial charge in [0.05, 0.1) is 16.6 Å². The lowest BCUT2D eigenvalue weighted by atomic mass is 10.1. The fourth-order valence-electron chi connectivity index (χ4n) is 2.42. The van der Waals surface area contributed by atoms with Gasteiger partial charge in [-0.05, 0) is 25.8 Å². The number of hydrogen-bond donors (Lipinski definition) is 0. The van der Waals surface area contributed by atoms with E-state index in [-0.39, 0.29) is 17.4 Å². The second-order valence-corrected chi connectivity index (χ2v) is 4.87. The number of hydrogen-bond acceptors (Lipinski definition) is 4. The van der Waals surface area contributed by atoms with Gasteiger partial charge in [0, 0.05) is 31.8 Å². The molecule has 1 aliphatic heterocycles. The van der Waals surface area contributed by atoms with E-state index in [4.69, 9.17) is 4.74 Å². The summed E-state index contributed by atoms with van der Waals surface area (Å²) >= 11 is 0. The van der Waals surface area contributed by atoms with Crippen molar-refractivity contribution in [1.82, 2.24) is 4.90 Å². The van der Waals surface area contributed by atoms with Crippen LogP contribution in [0.2, 0.25) is 0 Å². The Morgan fingerprint density at radius 3 is 2.71 bits per heavy atom. The topological polar surface area (TPSA) is 72.7 Å². The van der Waals surface area contributed by atoms with Gasteiger partial charge in [-0.2, -0.15) is 0 Å². The summed E-state index contributed by atoms with van der Waals surface area (Å²) in [6.07, 6.45) is 1.50. The molecule has 1 saturated heterocycles. The number of likely N-dealkylation sites (tertiary alicyclic amines) is 1. The summed E-state index contributed by atoms with van der Waals surface area (Å²) in [5.41, 5.74) is -0.539. The highest BCUT2D eigenvalue weighted by Crippen LogP contribution is 2.21. The van der Waals surface area contributed by atoms with Gasteiger partial charge in [0.1, 0.15) is 5.82 Å².